The maximum Gasteiger partial charge on any atom is 0.167 e. The lowest BCUT2D eigenvalue weighted by Crippen LogP contribution is -2.33. The van der Waals surface area contributed by atoms with Crippen molar-refractivity contribution in [2.45, 2.75) is 24.5 Å². The summed E-state index contributed by atoms with van der Waals surface area (Å²) in [6.45, 7) is -0.405. The summed E-state index contributed by atoms with van der Waals surface area (Å²) < 4.78 is 7.04. The molecular weight excluding hydrogens is 362 g/mol. The van der Waals surface area contributed by atoms with Gasteiger partial charge >= 0.3 is 0 Å². The number of nitrogens with one attached hydrogen (secondary N) is 1. The molecule has 1 aliphatic heterocycles. The van der Waals surface area contributed by atoms with Gasteiger partial charge in [0.1, 0.15) is 24.6 Å². The number of rotatable bonds is 4. The highest BCUT2D eigenvalue weighted by Gasteiger charge is 2.44. The first-order valence-corrected chi connectivity index (χ1v) is 8.29. The van der Waals surface area contributed by atoms with Gasteiger partial charge in [0.05, 0.1) is 12.9 Å². The van der Waals surface area contributed by atoms with E-state index in [-0.39, 0.29) is 0 Å². The molecule has 0 spiro atoms. The van der Waals surface area contributed by atoms with Crippen LogP contribution in [0.15, 0.2) is 36.9 Å². The fraction of sp³-hybridized carbons (Fsp3) is 0.312. The Labute approximate surface area is 152 Å². The Bertz CT molecular complexity index is 936. The molecule has 1 fully saturated rings. The quantitative estimate of drug-likeness (QED) is 0.527. The molecule has 4 rings (SSSR count). The summed E-state index contributed by atoms with van der Waals surface area (Å²) in [5.74, 6) is 0.461. The summed E-state index contributed by atoms with van der Waals surface area (Å²) >= 11 is 6.00. The molecule has 0 saturated carbocycles. The third-order valence-electron chi connectivity index (χ3n) is 4.24. The van der Waals surface area contributed by atoms with Gasteiger partial charge in [0, 0.05) is 10.7 Å². The molecule has 1 unspecified atom stereocenters. The minimum Gasteiger partial charge on any atom is -0.394 e. The van der Waals surface area contributed by atoms with Gasteiger partial charge in [0.15, 0.2) is 23.2 Å². The predicted molar refractivity (Wildman–Crippen MR) is 93.1 cm³/mol. The topological polar surface area (TPSA) is 126 Å². The molecule has 1 aromatic carbocycles. The Hall–Kier alpha value is -2.30. The van der Waals surface area contributed by atoms with Gasteiger partial charge in [-0.25, -0.2) is 15.0 Å². The normalized spacial score (nSPS) is 25.7. The lowest BCUT2D eigenvalue weighted by atomic mass is 10.1. The number of hydrogen-bond donors (Lipinski definition) is 4. The van der Waals surface area contributed by atoms with E-state index in [0.717, 1.165) is 5.69 Å². The number of imidazole rings is 1. The molecule has 0 radical (unpaired) electrons. The van der Waals surface area contributed by atoms with Crippen LogP contribution >= 0.6 is 11.6 Å². The second-order valence-electron chi connectivity index (χ2n) is 5.91. The van der Waals surface area contributed by atoms with Crippen LogP contribution in [-0.4, -0.2) is 59.8 Å². The number of ether oxygens (including phenoxy) is 1. The highest BCUT2D eigenvalue weighted by molar-refractivity contribution is 6.30. The first kappa shape index (κ1) is 17.1. The van der Waals surface area contributed by atoms with Crippen molar-refractivity contribution in [3.63, 3.8) is 0 Å². The smallest absolute Gasteiger partial charge is 0.167 e. The summed E-state index contributed by atoms with van der Waals surface area (Å²) in [5, 5.41) is 33.1. The molecular formula is C16H16ClN5O4. The lowest BCUT2D eigenvalue weighted by molar-refractivity contribution is -0.0511. The monoisotopic (exact) mass is 377 g/mol. The average molecular weight is 378 g/mol. The first-order chi connectivity index (χ1) is 12.6. The van der Waals surface area contributed by atoms with Gasteiger partial charge < -0.3 is 25.4 Å². The molecule has 10 heteroatoms. The standard InChI is InChI=1S/C16H16ClN5O4/c17-8-2-1-3-9(4-8)21-14-11-15(19-6-18-14)22(7-20-11)16-13(25)12(24)10(5-23)26-16/h1-4,6-7,10,12-13,16,23-25H,5H2,(H,18,19,21)/t10-,12-,13-,16?/m1/s1. The molecule has 2 aromatic heterocycles. The van der Waals surface area contributed by atoms with E-state index in [1.807, 2.05) is 6.07 Å². The molecule has 1 aliphatic rings. The minimum absolute atomic E-state index is 0.405. The zero-order valence-corrected chi connectivity index (χ0v) is 14.2. The number of benzene rings is 1. The molecule has 26 heavy (non-hydrogen) atoms. The first-order valence-electron chi connectivity index (χ1n) is 7.91. The zero-order chi connectivity index (χ0) is 18.3. The number of halogens is 1. The van der Waals surface area contributed by atoms with Crippen LogP contribution in [0.3, 0.4) is 0 Å². The highest BCUT2D eigenvalue weighted by Crippen LogP contribution is 2.32. The Kier molecular flexibility index (Phi) is 4.47. The third-order valence-corrected chi connectivity index (χ3v) is 4.47. The summed E-state index contributed by atoms with van der Waals surface area (Å²) in [7, 11) is 0. The van der Waals surface area contributed by atoms with Crippen molar-refractivity contribution in [3.05, 3.63) is 41.9 Å². The molecule has 4 atom stereocenters. The number of aliphatic hydroxyl groups excluding tert-OH is 3. The van der Waals surface area contributed by atoms with Crippen LogP contribution < -0.4 is 5.32 Å². The van der Waals surface area contributed by atoms with Crippen molar-refractivity contribution in [1.82, 2.24) is 19.5 Å². The molecule has 0 bridgehead atoms. The SMILES string of the molecule is OC[C@H]1OC(n2cnc3c(Nc4cccc(Cl)c4)ncnc32)[C@H](O)[C@@H]1O. The fourth-order valence-electron chi connectivity index (χ4n) is 2.94. The number of fused-ring (bicyclic) bond motifs is 1. The van der Waals surface area contributed by atoms with E-state index >= 15 is 0 Å². The van der Waals surface area contributed by atoms with Crippen LogP contribution in [-0.2, 0) is 4.74 Å². The van der Waals surface area contributed by atoms with E-state index in [0.29, 0.717) is 22.0 Å². The second kappa shape index (κ2) is 6.78. The van der Waals surface area contributed by atoms with Gasteiger partial charge in [-0.3, -0.25) is 4.57 Å². The Morgan fingerprint density at radius 1 is 1.19 bits per heavy atom. The molecule has 136 valence electrons. The van der Waals surface area contributed by atoms with Crippen LogP contribution in [0, 0.1) is 0 Å². The van der Waals surface area contributed by atoms with Crippen LogP contribution in [0.5, 0.6) is 0 Å². The van der Waals surface area contributed by atoms with Gasteiger partial charge in [0.25, 0.3) is 0 Å². The van der Waals surface area contributed by atoms with Crippen molar-refractivity contribution in [1.29, 1.82) is 0 Å². The van der Waals surface area contributed by atoms with E-state index in [4.69, 9.17) is 16.3 Å². The number of aromatic nitrogens is 4. The summed E-state index contributed by atoms with van der Waals surface area (Å²) in [6.07, 6.45) is -1.41. The van der Waals surface area contributed by atoms with Crippen molar-refractivity contribution in [2.75, 3.05) is 11.9 Å². The Balaban J connectivity index is 1.69. The Morgan fingerprint density at radius 3 is 2.77 bits per heavy atom. The third kappa shape index (κ3) is 2.89. The molecule has 3 aromatic rings. The van der Waals surface area contributed by atoms with Crippen molar-refractivity contribution in [2.24, 2.45) is 0 Å². The van der Waals surface area contributed by atoms with Crippen molar-refractivity contribution >= 4 is 34.3 Å². The number of hydrogen-bond acceptors (Lipinski definition) is 8. The molecule has 3 heterocycles. The molecule has 4 N–H and O–H groups in total. The predicted octanol–water partition coefficient (Wildman–Crippen LogP) is 0.835. The van der Waals surface area contributed by atoms with Crippen molar-refractivity contribution < 1.29 is 20.1 Å². The van der Waals surface area contributed by atoms with Gasteiger partial charge in [0.2, 0.25) is 0 Å². The molecule has 1 saturated heterocycles. The Morgan fingerprint density at radius 2 is 2.04 bits per heavy atom. The fourth-order valence-corrected chi connectivity index (χ4v) is 3.13. The number of nitrogens with zero attached hydrogens (tertiary/aromatic N) is 4. The maximum absolute atomic E-state index is 10.2. The molecule has 9 nitrogen and oxygen atoms in total. The molecule has 0 aliphatic carbocycles. The van der Waals surface area contributed by atoms with E-state index in [1.54, 1.807) is 18.2 Å². The summed E-state index contributed by atoms with van der Waals surface area (Å²) in [4.78, 5) is 12.7. The zero-order valence-electron chi connectivity index (χ0n) is 13.4. The average Bonchev–Trinajstić information content (AvgIpc) is 3.18. The van der Waals surface area contributed by atoms with Gasteiger partial charge in [-0.05, 0) is 18.2 Å². The summed E-state index contributed by atoms with van der Waals surface area (Å²) in [5.41, 5.74) is 1.62. The minimum atomic E-state index is -1.22. The molecule has 0 amide bonds. The van der Waals surface area contributed by atoms with E-state index < -0.39 is 31.1 Å². The van der Waals surface area contributed by atoms with Crippen molar-refractivity contribution in [3.8, 4) is 0 Å². The van der Waals surface area contributed by atoms with Gasteiger partial charge in [-0.15, -0.1) is 0 Å². The lowest BCUT2D eigenvalue weighted by Gasteiger charge is -2.16. The van der Waals surface area contributed by atoms with E-state index in [2.05, 4.69) is 20.3 Å². The summed E-state index contributed by atoms with van der Waals surface area (Å²) in [6, 6.07) is 7.15. The van der Waals surface area contributed by atoms with Crippen LogP contribution in [0.25, 0.3) is 11.2 Å². The van der Waals surface area contributed by atoms with Crippen LogP contribution in [0.1, 0.15) is 6.23 Å². The largest absolute Gasteiger partial charge is 0.394 e. The van der Waals surface area contributed by atoms with Crippen LogP contribution in [0.2, 0.25) is 5.02 Å². The second-order valence-corrected chi connectivity index (χ2v) is 6.35. The van der Waals surface area contributed by atoms with E-state index in [9.17, 15) is 15.3 Å². The van der Waals surface area contributed by atoms with Gasteiger partial charge in [-0.1, -0.05) is 17.7 Å². The number of aliphatic hydroxyl groups is 3. The van der Waals surface area contributed by atoms with E-state index in [1.165, 1.54) is 17.2 Å². The highest BCUT2D eigenvalue weighted by atomic mass is 35.5. The number of anilines is 2. The van der Waals surface area contributed by atoms with Crippen LogP contribution in [0.4, 0.5) is 11.5 Å². The van der Waals surface area contributed by atoms with Gasteiger partial charge in [-0.2, -0.15) is 0 Å². The maximum atomic E-state index is 10.2.